The van der Waals surface area contributed by atoms with Crippen LogP contribution < -0.4 is 10.6 Å². The van der Waals surface area contributed by atoms with Gasteiger partial charge in [-0.2, -0.15) is 0 Å². The molecule has 2 aromatic rings. The monoisotopic (exact) mass is 284 g/mol. The van der Waals surface area contributed by atoms with Crippen molar-refractivity contribution >= 4 is 11.5 Å². The molecule has 5 nitrogen and oxygen atoms in total. The molecule has 110 valence electrons. The normalized spacial score (nSPS) is 11.4. The van der Waals surface area contributed by atoms with Gasteiger partial charge >= 0.3 is 0 Å². The van der Waals surface area contributed by atoms with Crippen LogP contribution in [0.4, 0.5) is 5.69 Å². The van der Waals surface area contributed by atoms with Gasteiger partial charge in [0.1, 0.15) is 0 Å². The second-order valence-corrected chi connectivity index (χ2v) is 4.82. The summed E-state index contributed by atoms with van der Waals surface area (Å²) in [5, 5.41) is 11.8. The van der Waals surface area contributed by atoms with E-state index in [1.165, 1.54) is 0 Å². The smallest absolute Gasteiger partial charge is 0.170 e. The molecular formula is C16H20N4O. The molecule has 0 aliphatic rings. The van der Waals surface area contributed by atoms with Crippen LogP contribution in [0.15, 0.2) is 47.8 Å². The van der Waals surface area contributed by atoms with Crippen molar-refractivity contribution < 1.29 is 5.21 Å². The summed E-state index contributed by atoms with van der Waals surface area (Å²) in [7, 11) is 0. The van der Waals surface area contributed by atoms with Crippen LogP contribution >= 0.6 is 0 Å². The molecule has 0 saturated heterocycles. The minimum Gasteiger partial charge on any atom is -0.409 e. The second-order valence-electron chi connectivity index (χ2n) is 4.82. The fraction of sp³-hybridized carbons (Fsp3) is 0.250. The summed E-state index contributed by atoms with van der Waals surface area (Å²) in [5.74, 6) is 0.131. The predicted molar refractivity (Wildman–Crippen MR) is 84.7 cm³/mol. The number of anilines is 1. The Hall–Kier alpha value is -2.56. The lowest BCUT2D eigenvalue weighted by Crippen LogP contribution is -2.23. The van der Waals surface area contributed by atoms with Gasteiger partial charge in [-0.15, -0.1) is 0 Å². The van der Waals surface area contributed by atoms with Crippen LogP contribution in [0.2, 0.25) is 0 Å². The van der Waals surface area contributed by atoms with E-state index in [9.17, 15) is 0 Å². The van der Waals surface area contributed by atoms with E-state index >= 15 is 0 Å². The van der Waals surface area contributed by atoms with E-state index in [-0.39, 0.29) is 5.84 Å². The van der Waals surface area contributed by atoms with E-state index in [1.54, 1.807) is 6.20 Å². The maximum atomic E-state index is 8.78. The molecule has 0 aliphatic heterocycles. The van der Waals surface area contributed by atoms with Gasteiger partial charge in [-0.1, -0.05) is 11.2 Å². The van der Waals surface area contributed by atoms with E-state index in [0.29, 0.717) is 0 Å². The Morgan fingerprint density at radius 2 is 2.14 bits per heavy atom. The quantitative estimate of drug-likeness (QED) is 0.383. The van der Waals surface area contributed by atoms with Crippen LogP contribution in [0.3, 0.4) is 0 Å². The van der Waals surface area contributed by atoms with Gasteiger partial charge in [0, 0.05) is 24.0 Å². The summed E-state index contributed by atoms with van der Waals surface area (Å²) in [6.45, 7) is 5.68. The molecule has 2 rings (SSSR count). The lowest BCUT2D eigenvalue weighted by molar-refractivity contribution is 0.318. The Morgan fingerprint density at radius 1 is 1.33 bits per heavy atom. The number of amidine groups is 1. The predicted octanol–water partition coefficient (Wildman–Crippen LogP) is 2.51. The number of nitrogens with two attached hydrogens (primary N) is 1. The molecule has 0 fully saturated rings. The molecule has 5 heteroatoms. The number of hydrogen-bond donors (Lipinski definition) is 2. The van der Waals surface area contributed by atoms with Crippen molar-refractivity contribution in [3.8, 4) is 0 Å². The molecule has 0 bridgehead atoms. The Kier molecular flexibility index (Phi) is 4.77. The highest BCUT2D eigenvalue weighted by molar-refractivity contribution is 5.98. The van der Waals surface area contributed by atoms with Gasteiger partial charge in [0.25, 0.3) is 0 Å². The number of aryl methyl sites for hydroxylation is 1. The van der Waals surface area contributed by atoms with Crippen LogP contribution in [0.1, 0.15) is 23.7 Å². The van der Waals surface area contributed by atoms with Gasteiger partial charge in [0.05, 0.1) is 12.2 Å². The highest BCUT2D eigenvalue weighted by Gasteiger charge is 2.09. The van der Waals surface area contributed by atoms with Gasteiger partial charge in [-0.25, -0.2) is 0 Å². The van der Waals surface area contributed by atoms with Crippen molar-refractivity contribution in [3.05, 3.63) is 59.4 Å². The molecule has 0 atom stereocenters. The first-order chi connectivity index (χ1) is 10.2. The molecule has 1 aromatic heterocycles. The van der Waals surface area contributed by atoms with Crippen molar-refractivity contribution in [2.75, 3.05) is 11.4 Å². The van der Waals surface area contributed by atoms with Gasteiger partial charge in [-0.3, -0.25) is 4.98 Å². The van der Waals surface area contributed by atoms with E-state index in [0.717, 1.165) is 35.6 Å². The third-order valence-corrected chi connectivity index (χ3v) is 3.42. The SMILES string of the molecule is CCN(Cc1ccccn1)c1ccc(/C(N)=N/O)c(C)c1. The van der Waals surface area contributed by atoms with Gasteiger partial charge in [0.15, 0.2) is 5.84 Å². The minimum absolute atomic E-state index is 0.131. The van der Waals surface area contributed by atoms with Crippen LogP contribution in [0.25, 0.3) is 0 Å². The number of rotatable bonds is 5. The van der Waals surface area contributed by atoms with Crippen molar-refractivity contribution in [2.24, 2.45) is 10.9 Å². The Balaban J connectivity index is 2.25. The molecule has 0 radical (unpaired) electrons. The van der Waals surface area contributed by atoms with Gasteiger partial charge in [-0.05, 0) is 49.7 Å². The number of nitrogens with zero attached hydrogens (tertiary/aromatic N) is 3. The summed E-state index contributed by atoms with van der Waals surface area (Å²) in [5.41, 5.74) is 9.49. The standard InChI is InChI=1S/C16H20N4O/c1-3-20(11-13-6-4-5-9-18-13)14-7-8-15(12(2)10-14)16(17)19-21/h4-10,21H,3,11H2,1-2H3,(H2,17,19). The first-order valence-corrected chi connectivity index (χ1v) is 6.89. The van der Waals surface area contributed by atoms with Crippen LogP contribution in [-0.4, -0.2) is 22.6 Å². The number of aromatic nitrogens is 1. The highest BCUT2D eigenvalue weighted by Crippen LogP contribution is 2.20. The number of oxime groups is 1. The zero-order chi connectivity index (χ0) is 15.2. The fourth-order valence-corrected chi connectivity index (χ4v) is 2.26. The zero-order valence-corrected chi connectivity index (χ0v) is 12.3. The molecule has 0 unspecified atom stereocenters. The number of benzene rings is 1. The maximum absolute atomic E-state index is 8.78. The lowest BCUT2D eigenvalue weighted by Gasteiger charge is -2.23. The lowest BCUT2D eigenvalue weighted by atomic mass is 10.1. The fourth-order valence-electron chi connectivity index (χ4n) is 2.26. The third kappa shape index (κ3) is 3.51. The molecule has 21 heavy (non-hydrogen) atoms. The zero-order valence-electron chi connectivity index (χ0n) is 12.3. The summed E-state index contributed by atoms with van der Waals surface area (Å²) < 4.78 is 0. The van der Waals surface area contributed by atoms with E-state index < -0.39 is 0 Å². The Bertz CT molecular complexity index is 625. The summed E-state index contributed by atoms with van der Waals surface area (Å²) >= 11 is 0. The van der Waals surface area contributed by atoms with Crippen LogP contribution in [0, 0.1) is 6.92 Å². The highest BCUT2D eigenvalue weighted by atomic mass is 16.4. The summed E-state index contributed by atoms with van der Waals surface area (Å²) in [4.78, 5) is 6.59. The van der Waals surface area contributed by atoms with E-state index in [4.69, 9.17) is 10.9 Å². The van der Waals surface area contributed by atoms with Crippen molar-refractivity contribution in [2.45, 2.75) is 20.4 Å². The molecule has 0 saturated carbocycles. The summed E-state index contributed by atoms with van der Waals surface area (Å²) in [6, 6.07) is 11.8. The van der Waals surface area contributed by atoms with E-state index in [1.807, 2.05) is 43.3 Å². The van der Waals surface area contributed by atoms with Crippen molar-refractivity contribution in [1.29, 1.82) is 0 Å². The van der Waals surface area contributed by atoms with Crippen molar-refractivity contribution in [3.63, 3.8) is 0 Å². The number of hydrogen-bond acceptors (Lipinski definition) is 4. The third-order valence-electron chi connectivity index (χ3n) is 3.42. The van der Waals surface area contributed by atoms with Crippen LogP contribution in [0.5, 0.6) is 0 Å². The molecule has 0 amide bonds. The molecule has 3 N–H and O–H groups in total. The maximum Gasteiger partial charge on any atom is 0.170 e. The second kappa shape index (κ2) is 6.74. The average molecular weight is 284 g/mol. The first-order valence-electron chi connectivity index (χ1n) is 6.89. The van der Waals surface area contributed by atoms with Gasteiger partial charge in [0.2, 0.25) is 0 Å². The van der Waals surface area contributed by atoms with Crippen molar-refractivity contribution in [1.82, 2.24) is 4.98 Å². The first kappa shape index (κ1) is 14.8. The largest absolute Gasteiger partial charge is 0.409 e. The molecule has 1 heterocycles. The molecule has 0 spiro atoms. The molecule has 1 aromatic carbocycles. The van der Waals surface area contributed by atoms with Crippen LogP contribution in [-0.2, 0) is 6.54 Å². The Morgan fingerprint density at radius 3 is 2.71 bits per heavy atom. The molecule has 0 aliphatic carbocycles. The van der Waals surface area contributed by atoms with Gasteiger partial charge < -0.3 is 15.8 Å². The average Bonchev–Trinajstić information content (AvgIpc) is 2.52. The topological polar surface area (TPSA) is 74.7 Å². The number of pyridine rings is 1. The molecular weight excluding hydrogens is 264 g/mol. The summed E-state index contributed by atoms with van der Waals surface area (Å²) in [6.07, 6.45) is 1.80. The Labute approximate surface area is 124 Å². The minimum atomic E-state index is 0.131. The van der Waals surface area contributed by atoms with E-state index in [2.05, 4.69) is 22.0 Å².